The number of hydrogen-bond donors (Lipinski definition) is 3. The van der Waals surface area contributed by atoms with Crippen LogP contribution in [0.4, 0.5) is 0 Å². The van der Waals surface area contributed by atoms with Crippen LogP contribution in [-0.2, 0) is 4.79 Å². The van der Waals surface area contributed by atoms with Crippen LogP contribution in [-0.4, -0.2) is 35.1 Å². The Labute approximate surface area is 123 Å². The maximum atomic E-state index is 11.9. The minimum atomic E-state index is -0.814. The Bertz CT molecular complexity index is 568. The van der Waals surface area contributed by atoms with Crippen molar-refractivity contribution in [2.45, 2.75) is 20.3 Å². The monoisotopic (exact) mass is 289 g/mol. The summed E-state index contributed by atoms with van der Waals surface area (Å²) < 4.78 is 0. The minimum absolute atomic E-state index is 0.0105. The van der Waals surface area contributed by atoms with Crippen LogP contribution in [0.1, 0.15) is 36.3 Å². The molecule has 112 valence electrons. The first-order valence-corrected chi connectivity index (χ1v) is 6.50. The van der Waals surface area contributed by atoms with Gasteiger partial charge in [-0.2, -0.15) is 0 Å². The molecule has 2 amide bonds. The number of carbonyl (C=O) groups excluding carboxylic acids is 2. The van der Waals surface area contributed by atoms with Crippen molar-refractivity contribution >= 4 is 11.8 Å². The summed E-state index contributed by atoms with van der Waals surface area (Å²) >= 11 is 0. The van der Waals surface area contributed by atoms with Crippen LogP contribution in [0.2, 0.25) is 0 Å². The Morgan fingerprint density at radius 1 is 1.43 bits per heavy atom. The van der Waals surface area contributed by atoms with Gasteiger partial charge in [0, 0.05) is 24.7 Å². The van der Waals surface area contributed by atoms with Crippen LogP contribution in [0.3, 0.4) is 0 Å². The molecular weight excluding hydrogens is 270 g/mol. The molecule has 6 nitrogen and oxygen atoms in total. The van der Waals surface area contributed by atoms with Crippen molar-refractivity contribution < 1.29 is 14.7 Å². The number of pyridine rings is 1. The van der Waals surface area contributed by atoms with Crippen LogP contribution >= 0.6 is 0 Å². The van der Waals surface area contributed by atoms with Gasteiger partial charge in [-0.15, -0.1) is 0 Å². The highest BCUT2D eigenvalue weighted by molar-refractivity contribution is 5.92. The van der Waals surface area contributed by atoms with Gasteiger partial charge in [0.1, 0.15) is 5.69 Å². The van der Waals surface area contributed by atoms with Gasteiger partial charge < -0.3 is 16.2 Å². The van der Waals surface area contributed by atoms with Gasteiger partial charge in [0.2, 0.25) is 5.91 Å². The quantitative estimate of drug-likeness (QED) is 0.666. The molecule has 0 spiro atoms. The highest BCUT2D eigenvalue weighted by Crippen LogP contribution is 2.12. The van der Waals surface area contributed by atoms with E-state index in [1.54, 1.807) is 26.0 Å². The van der Waals surface area contributed by atoms with E-state index in [0.717, 1.165) is 0 Å². The summed E-state index contributed by atoms with van der Waals surface area (Å²) in [5.74, 6) is 4.73. The van der Waals surface area contributed by atoms with Crippen molar-refractivity contribution in [3.8, 4) is 11.8 Å². The van der Waals surface area contributed by atoms with Crippen LogP contribution in [0.25, 0.3) is 0 Å². The van der Waals surface area contributed by atoms with Crippen molar-refractivity contribution in [2.75, 3.05) is 13.2 Å². The summed E-state index contributed by atoms with van der Waals surface area (Å²) in [5, 5.41) is 11.2. The van der Waals surface area contributed by atoms with Crippen LogP contribution in [0.15, 0.2) is 18.3 Å². The molecule has 0 saturated heterocycles. The molecule has 0 aliphatic heterocycles. The van der Waals surface area contributed by atoms with Gasteiger partial charge in [-0.3, -0.25) is 9.59 Å². The van der Waals surface area contributed by atoms with Crippen molar-refractivity contribution in [3.05, 3.63) is 29.6 Å². The highest BCUT2D eigenvalue weighted by Gasteiger charge is 2.25. The van der Waals surface area contributed by atoms with E-state index < -0.39 is 11.3 Å². The fourth-order valence-electron chi connectivity index (χ4n) is 1.30. The standard InChI is InChI=1S/C15H19N3O3/c1-15(2,14(16)21)10-18-13(20)12-7-6-11(9-17-12)5-3-4-8-19/h6-7,9,19H,4,8,10H2,1-2H3,(H2,16,21)(H,18,20). The lowest BCUT2D eigenvalue weighted by Crippen LogP contribution is -2.42. The van der Waals surface area contributed by atoms with Crippen LogP contribution < -0.4 is 11.1 Å². The molecule has 0 unspecified atom stereocenters. The van der Waals surface area contributed by atoms with Gasteiger partial charge >= 0.3 is 0 Å². The third-order valence-corrected chi connectivity index (χ3v) is 2.82. The maximum absolute atomic E-state index is 11.9. The van der Waals surface area contributed by atoms with Gasteiger partial charge in [-0.05, 0) is 26.0 Å². The molecule has 0 radical (unpaired) electrons. The van der Waals surface area contributed by atoms with E-state index in [1.807, 2.05) is 0 Å². The van der Waals surface area contributed by atoms with Gasteiger partial charge in [-0.25, -0.2) is 4.98 Å². The first-order chi connectivity index (χ1) is 9.86. The van der Waals surface area contributed by atoms with E-state index in [-0.39, 0.29) is 24.8 Å². The van der Waals surface area contributed by atoms with Crippen molar-refractivity contribution in [3.63, 3.8) is 0 Å². The SMILES string of the molecule is CC(C)(CNC(=O)c1ccc(C#CCCO)cn1)C(N)=O. The zero-order valence-corrected chi connectivity index (χ0v) is 12.1. The van der Waals surface area contributed by atoms with E-state index in [2.05, 4.69) is 22.1 Å². The molecule has 21 heavy (non-hydrogen) atoms. The lowest BCUT2D eigenvalue weighted by atomic mass is 9.93. The maximum Gasteiger partial charge on any atom is 0.269 e. The Kier molecular flexibility index (Phi) is 5.88. The van der Waals surface area contributed by atoms with Gasteiger partial charge in [0.15, 0.2) is 0 Å². The molecule has 1 rings (SSSR count). The number of nitrogens with two attached hydrogens (primary N) is 1. The molecule has 0 fully saturated rings. The molecule has 1 aromatic rings. The van der Waals surface area contributed by atoms with Crippen molar-refractivity contribution in [1.29, 1.82) is 0 Å². The molecule has 0 bridgehead atoms. The second-order valence-corrected chi connectivity index (χ2v) is 5.14. The van der Waals surface area contributed by atoms with E-state index in [4.69, 9.17) is 10.8 Å². The molecule has 1 heterocycles. The van der Waals surface area contributed by atoms with Gasteiger partial charge in [0.05, 0.1) is 12.0 Å². The van der Waals surface area contributed by atoms with Crippen LogP contribution in [0.5, 0.6) is 0 Å². The molecule has 0 aliphatic carbocycles. The third-order valence-electron chi connectivity index (χ3n) is 2.82. The summed E-state index contributed by atoms with van der Waals surface area (Å²) in [6.07, 6.45) is 1.88. The largest absolute Gasteiger partial charge is 0.395 e. The van der Waals surface area contributed by atoms with Crippen molar-refractivity contribution in [2.24, 2.45) is 11.1 Å². The molecule has 0 aliphatic rings. The number of primary amides is 1. The Morgan fingerprint density at radius 3 is 2.67 bits per heavy atom. The number of aromatic nitrogens is 1. The Morgan fingerprint density at radius 2 is 2.14 bits per heavy atom. The first-order valence-electron chi connectivity index (χ1n) is 6.50. The molecular formula is C15H19N3O3. The number of aliphatic hydroxyl groups excluding tert-OH is 1. The third kappa shape index (κ3) is 5.24. The summed E-state index contributed by atoms with van der Waals surface area (Å²) in [5.41, 5.74) is 5.32. The summed E-state index contributed by atoms with van der Waals surface area (Å²) in [6.45, 7) is 3.46. The fourth-order valence-corrected chi connectivity index (χ4v) is 1.30. The number of nitrogens with one attached hydrogen (secondary N) is 1. The number of rotatable bonds is 5. The number of aliphatic hydroxyl groups is 1. The molecule has 1 aromatic heterocycles. The molecule has 0 saturated carbocycles. The molecule has 4 N–H and O–H groups in total. The average molecular weight is 289 g/mol. The van der Waals surface area contributed by atoms with E-state index in [9.17, 15) is 9.59 Å². The highest BCUT2D eigenvalue weighted by atomic mass is 16.2. The predicted octanol–water partition coefficient (Wildman–Crippen LogP) is 0.0568. The minimum Gasteiger partial charge on any atom is -0.395 e. The lowest BCUT2D eigenvalue weighted by molar-refractivity contribution is -0.125. The Hall–Kier alpha value is -2.39. The van der Waals surface area contributed by atoms with Crippen LogP contribution in [0, 0.1) is 17.3 Å². The first kappa shape index (κ1) is 16.7. The number of nitrogens with zero attached hydrogens (tertiary/aromatic N) is 1. The summed E-state index contributed by atoms with van der Waals surface area (Å²) in [6, 6.07) is 3.22. The zero-order valence-electron chi connectivity index (χ0n) is 12.1. The number of amides is 2. The lowest BCUT2D eigenvalue weighted by Gasteiger charge is -2.20. The number of carbonyl (C=O) groups is 2. The summed E-state index contributed by atoms with van der Waals surface area (Å²) in [7, 11) is 0. The average Bonchev–Trinajstić information content (AvgIpc) is 2.45. The Balaban J connectivity index is 2.64. The molecule has 0 aromatic carbocycles. The van der Waals surface area contributed by atoms with E-state index in [1.165, 1.54) is 6.20 Å². The zero-order chi connectivity index (χ0) is 15.9. The molecule has 0 atom stereocenters. The smallest absolute Gasteiger partial charge is 0.269 e. The fraction of sp³-hybridized carbons (Fsp3) is 0.400. The predicted molar refractivity (Wildman–Crippen MR) is 78.1 cm³/mol. The number of hydrogen-bond acceptors (Lipinski definition) is 4. The van der Waals surface area contributed by atoms with E-state index in [0.29, 0.717) is 12.0 Å². The summed E-state index contributed by atoms with van der Waals surface area (Å²) in [4.78, 5) is 27.1. The topological polar surface area (TPSA) is 105 Å². The van der Waals surface area contributed by atoms with Gasteiger partial charge in [0.25, 0.3) is 5.91 Å². The van der Waals surface area contributed by atoms with E-state index >= 15 is 0 Å². The second kappa shape index (κ2) is 7.41. The van der Waals surface area contributed by atoms with Gasteiger partial charge in [-0.1, -0.05) is 11.8 Å². The normalized spacial score (nSPS) is 10.4. The molecule has 6 heteroatoms. The van der Waals surface area contributed by atoms with Crippen molar-refractivity contribution in [1.82, 2.24) is 10.3 Å². The second-order valence-electron chi connectivity index (χ2n) is 5.14.